The van der Waals surface area contributed by atoms with Gasteiger partial charge < -0.3 is 9.47 Å². The highest BCUT2D eigenvalue weighted by atomic mass is 35.5. The summed E-state index contributed by atoms with van der Waals surface area (Å²) in [6.07, 6.45) is 1.67. The lowest BCUT2D eigenvalue weighted by atomic mass is 9.93. The zero-order valence-corrected chi connectivity index (χ0v) is 27.3. The van der Waals surface area contributed by atoms with Crippen LogP contribution in [0, 0.1) is 5.82 Å². The van der Waals surface area contributed by atoms with Gasteiger partial charge in [-0.1, -0.05) is 94.7 Å². The summed E-state index contributed by atoms with van der Waals surface area (Å²) in [6.45, 7) is 1.96. The van der Waals surface area contributed by atoms with Gasteiger partial charge in [0.15, 0.2) is 4.80 Å². The smallest absolute Gasteiger partial charge is 0.338 e. The molecule has 0 spiro atoms. The lowest BCUT2D eigenvalue weighted by Gasteiger charge is -2.25. The van der Waals surface area contributed by atoms with Crippen LogP contribution in [0.25, 0.3) is 11.8 Å². The van der Waals surface area contributed by atoms with Crippen molar-refractivity contribution in [2.75, 3.05) is 6.61 Å². The molecule has 1 aliphatic rings. The molecule has 11 heteroatoms. The van der Waals surface area contributed by atoms with E-state index in [4.69, 9.17) is 49.3 Å². The Hall–Kier alpha value is -4.21. The topological polar surface area (TPSA) is 69.9 Å². The van der Waals surface area contributed by atoms with Crippen LogP contribution >= 0.6 is 46.1 Å². The average Bonchev–Trinajstić information content (AvgIpc) is 3.35. The van der Waals surface area contributed by atoms with Crippen LogP contribution in [0.4, 0.5) is 4.39 Å². The standard InChI is InChI=1S/C35H24Cl3FN2O4S/c1-2-44-34(43)30-31(20-6-4-3-5-7-20)40-35-41(32(30)21-9-13-26(39)14-10-21)33(42)29(46-35)17-23-16-24(36)12-15-28(23)45-19-22-8-11-25(37)18-27(22)38/h3-18,32H,2,19H2,1H3/b29-17-/t32-/m0/s1. The molecule has 0 bridgehead atoms. The van der Waals surface area contributed by atoms with Crippen molar-refractivity contribution < 1.29 is 18.7 Å². The molecule has 1 aromatic heterocycles. The Labute approximate surface area is 282 Å². The summed E-state index contributed by atoms with van der Waals surface area (Å²) in [5.41, 5.74) is 2.60. The van der Waals surface area contributed by atoms with Crippen molar-refractivity contribution in [3.05, 3.63) is 159 Å². The van der Waals surface area contributed by atoms with Gasteiger partial charge in [0.05, 0.1) is 28.5 Å². The third-order valence-corrected chi connectivity index (χ3v) is 9.02. The van der Waals surface area contributed by atoms with E-state index in [1.807, 2.05) is 30.3 Å². The molecule has 6 rings (SSSR count). The van der Waals surface area contributed by atoms with Gasteiger partial charge in [-0.15, -0.1) is 0 Å². The van der Waals surface area contributed by atoms with Crippen LogP contribution in [0.3, 0.4) is 0 Å². The number of thiazole rings is 1. The third-order valence-electron chi connectivity index (χ3n) is 7.22. The number of aromatic nitrogens is 1. The van der Waals surface area contributed by atoms with Gasteiger partial charge in [0.2, 0.25) is 0 Å². The number of nitrogens with zero attached hydrogens (tertiary/aromatic N) is 2. The summed E-state index contributed by atoms with van der Waals surface area (Å²) < 4.78 is 27.4. The molecule has 0 radical (unpaired) electrons. The maximum absolute atomic E-state index is 14.2. The minimum absolute atomic E-state index is 0.115. The van der Waals surface area contributed by atoms with Crippen molar-refractivity contribution in [1.82, 2.24) is 4.57 Å². The van der Waals surface area contributed by atoms with Crippen LogP contribution in [0.5, 0.6) is 5.75 Å². The molecule has 0 fully saturated rings. The van der Waals surface area contributed by atoms with Crippen LogP contribution in [-0.2, 0) is 16.1 Å². The molecule has 0 aliphatic carbocycles. The predicted octanol–water partition coefficient (Wildman–Crippen LogP) is 7.61. The highest BCUT2D eigenvalue weighted by molar-refractivity contribution is 7.07. The molecular weight excluding hydrogens is 670 g/mol. The van der Waals surface area contributed by atoms with Gasteiger partial charge in [0.25, 0.3) is 5.56 Å². The first-order valence-electron chi connectivity index (χ1n) is 14.1. The number of fused-ring (bicyclic) bond motifs is 1. The summed E-state index contributed by atoms with van der Waals surface area (Å²) in [5, 5.41) is 1.41. The van der Waals surface area contributed by atoms with E-state index in [1.54, 1.807) is 61.5 Å². The quantitative estimate of drug-likeness (QED) is 0.157. The number of esters is 1. The third kappa shape index (κ3) is 6.52. The van der Waals surface area contributed by atoms with E-state index in [9.17, 15) is 14.0 Å². The van der Waals surface area contributed by atoms with E-state index >= 15 is 0 Å². The highest BCUT2D eigenvalue weighted by Gasteiger charge is 2.35. The lowest BCUT2D eigenvalue weighted by Crippen LogP contribution is -2.40. The van der Waals surface area contributed by atoms with Crippen LogP contribution in [0.2, 0.25) is 15.1 Å². The Morgan fingerprint density at radius 2 is 1.70 bits per heavy atom. The zero-order valence-electron chi connectivity index (χ0n) is 24.2. The summed E-state index contributed by atoms with van der Waals surface area (Å²) >= 11 is 19.9. The van der Waals surface area contributed by atoms with Crippen molar-refractivity contribution in [3.8, 4) is 5.75 Å². The van der Waals surface area contributed by atoms with Gasteiger partial charge in [0, 0.05) is 31.8 Å². The molecule has 0 amide bonds. The second-order valence-electron chi connectivity index (χ2n) is 10.2. The fourth-order valence-electron chi connectivity index (χ4n) is 5.10. The molecule has 0 N–H and O–H groups in total. The Kier molecular flexibility index (Phi) is 9.42. The van der Waals surface area contributed by atoms with E-state index in [0.717, 1.165) is 16.9 Å². The van der Waals surface area contributed by atoms with Gasteiger partial charge in [-0.25, -0.2) is 14.2 Å². The molecule has 1 aliphatic heterocycles. The highest BCUT2D eigenvalue weighted by Crippen LogP contribution is 2.35. The van der Waals surface area contributed by atoms with E-state index < -0.39 is 23.4 Å². The maximum atomic E-state index is 14.2. The normalized spacial score (nSPS) is 14.5. The first-order valence-corrected chi connectivity index (χ1v) is 16.1. The molecule has 46 heavy (non-hydrogen) atoms. The Morgan fingerprint density at radius 1 is 0.978 bits per heavy atom. The van der Waals surface area contributed by atoms with Gasteiger partial charge in [-0.05, 0) is 61.0 Å². The Bertz CT molecular complexity index is 2160. The predicted molar refractivity (Wildman–Crippen MR) is 180 cm³/mol. The summed E-state index contributed by atoms with van der Waals surface area (Å²) in [7, 11) is 0. The van der Waals surface area contributed by atoms with Crippen LogP contribution in [0.1, 0.15) is 35.2 Å². The number of hydrogen-bond donors (Lipinski definition) is 0. The molecule has 232 valence electrons. The molecule has 4 aromatic carbocycles. The minimum Gasteiger partial charge on any atom is -0.488 e. The number of benzene rings is 4. The van der Waals surface area contributed by atoms with Gasteiger partial charge >= 0.3 is 5.97 Å². The summed E-state index contributed by atoms with van der Waals surface area (Å²) in [6, 6.07) is 24.2. The molecular formula is C35H24Cl3FN2O4S. The Balaban J connectivity index is 1.53. The minimum atomic E-state index is -0.935. The van der Waals surface area contributed by atoms with Gasteiger partial charge in [0.1, 0.15) is 18.2 Å². The number of carbonyl (C=O) groups is 1. The fraction of sp³-hybridized carbons (Fsp3) is 0.114. The van der Waals surface area contributed by atoms with E-state index in [-0.39, 0.29) is 18.8 Å². The van der Waals surface area contributed by atoms with Crippen molar-refractivity contribution in [2.45, 2.75) is 19.6 Å². The van der Waals surface area contributed by atoms with Crippen molar-refractivity contribution in [1.29, 1.82) is 0 Å². The molecule has 1 atom stereocenters. The first kappa shape index (κ1) is 31.8. The molecule has 5 aromatic rings. The average molecular weight is 694 g/mol. The second-order valence-corrected chi connectivity index (χ2v) is 12.5. The van der Waals surface area contributed by atoms with Crippen molar-refractivity contribution in [3.63, 3.8) is 0 Å². The number of halogens is 4. The van der Waals surface area contributed by atoms with Gasteiger partial charge in [-0.3, -0.25) is 9.36 Å². The summed E-state index contributed by atoms with van der Waals surface area (Å²) in [5.74, 6) is -0.608. The second kappa shape index (κ2) is 13.6. The lowest BCUT2D eigenvalue weighted by molar-refractivity contribution is -0.138. The van der Waals surface area contributed by atoms with Crippen LogP contribution in [0.15, 0.2) is 106 Å². The van der Waals surface area contributed by atoms with Gasteiger partial charge in [-0.2, -0.15) is 0 Å². The molecule has 0 saturated carbocycles. The van der Waals surface area contributed by atoms with E-state index in [2.05, 4.69) is 0 Å². The van der Waals surface area contributed by atoms with Crippen molar-refractivity contribution >= 4 is 63.9 Å². The zero-order chi connectivity index (χ0) is 32.4. The van der Waals surface area contributed by atoms with Crippen LogP contribution in [-0.4, -0.2) is 17.1 Å². The van der Waals surface area contributed by atoms with E-state index in [1.165, 1.54) is 16.7 Å². The van der Waals surface area contributed by atoms with Crippen LogP contribution < -0.4 is 19.6 Å². The number of rotatable bonds is 8. The number of ether oxygens (including phenoxy) is 2. The fourth-order valence-corrected chi connectivity index (χ4v) is 6.74. The SMILES string of the molecule is CCOC(=O)C1=C(c2ccccc2)N=c2s/c(=C\c3cc(Cl)ccc3OCc3ccc(Cl)cc3Cl)c(=O)n2[C@H]1c1ccc(F)cc1. The maximum Gasteiger partial charge on any atom is 0.338 e. The molecule has 6 nitrogen and oxygen atoms in total. The first-order chi connectivity index (χ1) is 22.2. The largest absolute Gasteiger partial charge is 0.488 e. The Morgan fingerprint density at radius 3 is 2.41 bits per heavy atom. The monoisotopic (exact) mass is 692 g/mol. The molecule has 0 saturated heterocycles. The summed E-state index contributed by atoms with van der Waals surface area (Å²) in [4.78, 5) is 33.0. The molecule has 0 unspecified atom stereocenters. The molecule has 2 heterocycles. The number of hydrogen-bond acceptors (Lipinski definition) is 6. The number of carbonyl (C=O) groups excluding carboxylic acids is 1. The van der Waals surface area contributed by atoms with E-state index in [0.29, 0.717) is 52.5 Å². The van der Waals surface area contributed by atoms with Crippen molar-refractivity contribution in [2.24, 2.45) is 4.99 Å².